The summed E-state index contributed by atoms with van der Waals surface area (Å²) < 4.78 is 0. The number of hydrogen-bond acceptors (Lipinski definition) is 3. The molecule has 4 nitrogen and oxygen atoms in total. The zero-order valence-electron chi connectivity index (χ0n) is 9.98. The first kappa shape index (κ1) is 11.8. The molecule has 1 fully saturated rings. The second-order valence-corrected chi connectivity index (χ2v) is 4.36. The molecule has 1 N–H and O–H groups in total. The van der Waals surface area contributed by atoms with E-state index in [2.05, 4.69) is 12.2 Å². The Kier molecular flexibility index (Phi) is 3.88. The van der Waals surface area contributed by atoms with Crippen LogP contribution in [0.1, 0.15) is 23.2 Å². The number of benzene rings is 1. The summed E-state index contributed by atoms with van der Waals surface area (Å²) in [5.74, 6) is -0.385. The van der Waals surface area contributed by atoms with Crippen LogP contribution in [0, 0.1) is 0 Å². The Bertz CT molecular complexity index is 405. The highest BCUT2D eigenvalue weighted by Gasteiger charge is 2.15. The molecule has 1 heterocycles. The summed E-state index contributed by atoms with van der Waals surface area (Å²) in [6.07, 6.45) is 1.82. The van der Waals surface area contributed by atoms with Crippen molar-refractivity contribution < 1.29 is 14.5 Å². The zero-order chi connectivity index (χ0) is 12.1. The Morgan fingerprint density at radius 1 is 1.24 bits per heavy atom. The summed E-state index contributed by atoms with van der Waals surface area (Å²) in [4.78, 5) is 18.1. The van der Waals surface area contributed by atoms with Gasteiger partial charge in [0.1, 0.15) is 0 Å². The lowest BCUT2D eigenvalue weighted by molar-refractivity contribution is -0.880. The Morgan fingerprint density at radius 3 is 2.53 bits per heavy atom. The number of carbonyl (C=O) groups excluding carboxylic acids is 1. The molecule has 1 aliphatic heterocycles. The fraction of sp³-hybridized carbons (Fsp3) is 0.385. The molecule has 0 spiro atoms. The van der Waals surface area contributed by atoms with Crippen LogP contribution >= 0.6 is 0 Å². The average molecular weight is 233 g/mol. The topological polar surface area (TPSA) is 43.1 Å². The number of piperidine rings is 1. The van der Waals surface area contributed by atoms with E-state index in [9.17, 15) is 4.79 Å². The number of nitrogens with zero attached hydrogens (tertiary/aromatic N) is 1. The fourth-order valence-electron chi connectivity index (χ4n) is 1.79. The highest BCUT2D eigenvalue weighted by atomic mass is 16.7. The van der Waals surface area contributed by atoms with Crippen molar-refractivity contribution in [2.24, 2.45) is 5.16 Å². The molecule has 1 aliphatic rings. The third kappa shape index (κ3) is 3.39. The average Bonchev–Trinajstić information content (AvgIpc) is 2.39. The molecule has 0 unspecified atom stereocenters. The molecule has 2 rings (SSSR count). The SMILES string of the molecule is C[NH+]1CCC(=NOC(=O)c2ccccc2)CC1. The van der Waals surface area contributed by atoms with Crippen LogP contribution in [0.15, 0.2) is 35.5 Å². The van der Waals surface area contributed by atoms with Crippen molar-refractivity contribution in [1.82, 2.24) is 0 Å². The minimum atomic E-state index is -0.385. The zero-order valence-corrected chi connectivity index (χ0v) is 9.98. The van der Waals surface area contributed by atoms with Gasteiger partial charge in [-0.15, -0.1) is 0 Å². The summed E-state index contributed by atoms with van der Waals surface area (Å²) in [6.45, 7) is 2.11. The van der Waals surface area contributed by atoms with E-state index in [1.165, 1.54) is 4.90 Å². The van der Waals surface area contributed by atoms with E-state index < -0.39 is 0 Å². The van der Waals surface area contributed by atoms with Gasteiger partial charge in [-0.05, 0) is 12.1 Å². The van der Waals surface area contributed by atoms with Gasteiger partial charge in [-0.25, -0.2) is 4.79 Å². The molecule has 0 aliphatic carbocycles. The van der Waals surface area contributed by atoms with Crippen LogP contribution in [-0.2, 0) is 4.84 Å². The summed E-state index contributed by atoms with van der Waals surface area (Å²) in [5.41, 5.74) is 1.52. The van der Waals surface area contributed by atoms with Gasteiger partial charge in [0, 0.05) is 12.8 Å². The molecule has 0 atom stereocenters. The normalized spacial score (nSPS) is 19.8. The minimum absolute atomic E-state index is 0.385. The Morgan fingerprint density at radius 2 is 1.88 bits per heavy atom. The molecule has 4 heteroatoms. The lowest BCUT2D eigenvalue weighted by Crippen LogP contribution is -3.10. The number of nitrogens with one attached hydrogen (secondary N) is 1. The predicted octanol–water partition coefficient (Wildman–Crippen LogP) is 0.508. The first-order valence-electron chi connectivity index (χ1n) is 5.89. The third-order valence-electron chi connectivity index (χ3n) is 2.95. The van der Waals surface area contributed by atoms with Crippen molar-refractivity contribution in [3.63, 3.8) is 0 Å². The summed E-state index contributed by atoms with van der Waals surface area (Å²) in [7, 11) is 2.16. The van der Waals surface area contributed by atoms with Crippen LogP contribution in [0.2, 0.25) is 0 Å². The largest absolute Gasteiger partial charge is 0.365 e. The van der Waals surface area contributed by atoms with Gasteiger partial charge in [0.25, 0.3) is 0 Å². The molecule has 17 heavy (non-hydrogen) atoms. The molecule has 0 amide bonds. The van der Waals surface area contributed by atoms with Crippen LogP contribution in [-0.4, -0.2) is 31.8 Å². The quantitative estimate of drug-likeness (QED) is 0.597. The van der Waals surface area contributed by atoms with Crippen LogP contribution in [0.5, 0.6) is 0 Å². The van der Waals surface area contributed by atoms with E-state index in [-0.39, 0.29) is 5.97 Å². The van der Waals surface area contributed by atoms with Crippen LogP contribution < -0.4 is 4.90 Å². The van der Waals surface area contributed by atoms with Gasteiger partial charge in [-0.3, -0.25) is 0 Å². The predicted molar refractivity (Wildman–Crippen MR) is 65.1 cm³/mol. The highest BCUT2D eigenvalue weighted by Crippen LogP contribution is 2.03. The molecular weight excluding hydrogens is 216 g/mol. The second-order valence-electron chi connectivity index (χ2n) is 4.36. The van der Waals surface area contributed by atoms with Crippen molar-refractivity contribution in [1.29, 1.82) is 0 Å². The number of oxime groups is 1. The van der Waals surface area contributed by atoms with E-state index in [4.69, 9.17) is 4.84 Å². The van der Waals surface area contributed by atoms with Gasteiger partial charge in [0.05, 0.1) is 31.4 Å². The maximum atomic E-state index is 11.6. The molecule has 1 aromatic rings. The van der Waals surface area contributed by atoms with Gasteiger partial charge in [-0.2, -0.15) is 0 Å². The van der Waals surface area contributed by atoms with Crippen molar-refractivity contribution >= 4 is 11.7 Å². The summed E-state index contributed by atoms with van der Waals surface area (Å²) in [6, 6.07) is 8.93. The van der Waals surface area contributed by atoms with E-state index in [0.717, 1.165) is 31.6 Å². The molecule has 0 aromatic heterocycles. The number of carbonyl (C=O) groups is 1. The molecule has 0 saturated carbocycles. The summed E-state index contributed by atoms with van der Waals surface area (Å²) in [5, 5.41) is 3.95. The standard InChI is InChI=1S/C13H16N2O2/c1-15-9-7-12(8-10-15)14-17-13(16)11-5-3-2-4-6-11/h2-6H,7-10H2,1H3/p+1. The second kappa shape index (κ2) is 5.59. The number of quaternary nitrogens is 1. The molecule has 1 aromatic carbocycles. The van der Waals surface area contributed by atoms with E-state index >= 15 is 0 Å². The molecule has 0 radical (unpaired) electrons. The minimum Gasteiger partial charge on any atom is -0.337 e. The third-order valence-corrected chi connectivity index (χ3v) is 2.95. The van der Waals surface area contributed by atoms with Crippen molar-refractivity contribution in [3.05, 3.63) is 35.9 Å². The molecule has 1 saturated heterocycles. The number of hydrogen-bond donors (Lipinski definition) is 1. The molecular formula is C13H17N2O2+. The maximum Gasteiger partial charge on any atom is 0.365 e. The molecule has 0 bridgehead atoms. The van der Waals surface area contributed by atoms with Gasteiger partial charge in [-0.1, -0.05) is 23.4 Å². The van der Waals surface area contributed by atoms with Crippen molar-refractivity contribution in [3.8, 4) is 0 Å². The van der Waals surface area contributed by atoms with Gasteiger partial charge in [0.2, 0.25) is 0 Å². The monoisotopic (exact) mass is 233 g/mol. The molecule has 90 valence electrons. The van der Waals surface area contributed by atoms with Crippen LogP contribution in [0.3, 0.4) is 0 Å². The first-order valence-corrected chi connectivity index (χ1v) is 5.89. The van der Waals surface area contributed by atoms with Gasteiger partial charge >= 0.3 is 5.97 Å². The van der Waals surface area contributed by atoms with Crippen LogP contribution in [0.4, 0.5) is 0 Å². The van der Waals surface area contributed by atoms with Crippen molar-refractivity contribution in [2.75, 3.05) is 20.1 Å². The summed E-state index contributed by atoms with van der Waals surface area (Å²) >= 11 is 0. The van der Waals surface area contributed by atoms with Gasteiger partial charge < -0.3 is 9.74 Å². The first-order chi connectivity index (χ1) is 8.25. The fourth-order valence-corrected chi connectivity index (χ4v) is 1.79. The lowest BCUT2D eigenvalue weighted by Gasteiger charge is -2.19. The Labute approximate surface area is 101 Å². The highest BCUT2D eigenvalue weighted by molar-refractivity contribution is 5.90. The Balaban J connectivity index is 1.90. The van der Waals surface area contributed by atoms with Gasteiger partial charge in [0.15, 0.2) is 0 Å². The van der Waals surface area contributed by atoms with E-state index in [0.29, 0.717) is 5.56 Å². The van der Waals surface area contributed by atoms with Crippen LogP contribution in [0.25, 0.3) is 0 Å². The number of rotatable bonds is 2. The number of likely N-dealkylation sites (tertiary alicyclic amines) is 1. The maximum absolute atomic E-state index is 11.6. The smallest absolute Gasteiger partial charge is 0.337 e. The van der Waals surface area contributed by atoms with E-state index in [1.807, 2.05) is 18.2 Å². The van der Waals surface area contributed by atoms with E-state index in [1.54, 1.807) is 12.1 Å². The Hall–Kier alpha value is -1.68. The lowest BCUT2D eigenvalue weighted by atomic mass is 10.1. The van der Waals surface area contributed by atoms with Crippen molar-refractivity contribution in [2.45, 2.75) is 12.8 Å².